The van der Waals surface area contributed by atoms with Crippen LogP contribution in [0.3, 0.4) is 0 Å². The van der Waals surface area contributed by atoms with Gasteiger partial charge in [-0.1, -0.05) is 6.07 Å². The summed E-state index contributed by atoms with van der Waals surface area (Å²) in [7, 11) is 4.56. The summed E-state index contributed by atoms with van der Waals surface area (Å²) in [5.41, 5.74) is 1.53. The van der Waals surface area contributed by atoms with Crippen molar-refractivity contribution < 1.29 is 28.5 Å². The molecule has 0 aromatic heterocycles. The van der Waals surface area contributed by atoms with E-state index < -0.39 is 5.41 Å². The third-order valence-electron chi connectivity index (χ3n) is 7.75. The highest BCUT2D eigenvalue weighted by molar-refractivity contribution is 6.09. The molecule has 2 fully saturated rings. The van der Waals surface area contributed by atoms with Gasteiger partial charge in [-0.25, -0.2) is 4.79 Å². The van der Waals surface area contributed by atoms with Gasteiger partial charge in [0.2, 0.25) is 5.91 Å². The lowest BCUT2D eigenvalue weighted by Crippen LogP contribution is -2.56. The van der Waals surface area contributed by atoms with Gasteiger partial charge in [-0.15, -0.1) is 0 Å². The molecule has 5 rings (SSSR count). The van der Waals surface area contributed by atoms with Crippen LogP contribution in [0.25, 0.3) is 0 Å². The average molecular weight is 428 g/mol. The first-order chi connectivity index (χ1) is 15.0. The Hall–Kier alpha value is -2.74. The number of methoxy groups -OCH3 is 3. The number of carbonyl (C=O) groups is 2. The van der Waals surface area contributed by atoms with Crippen molar-refractivity contribution >= 4 is 17.6 Å². The first kappa shape index (κ1) is 20.2. The molecule has 0 saturated carbocycles. The number of nitrogens with zero attached hydrogens (tertiary/aromatic N) is 1. The van der Waals surface area contributed by atoms with Crippen LogP contribution in [0.15, 0.2) is 24.0 Å². The van der Waals surface area contributed by atoms with Gasteiger partial charge in [-0.2, -0.15) is 0 Å². The molecule has 5 atom stereocenters. The molecule has 1 amide bonds. The minimum atomic E-state index is -0.678. The van der Waals surface area contributed by atoms with Crippen LogP contribution in [-0.4, -0.2) is 63.3 Å². The lowest BCUT2D eigenvalue weighted by Gasteiger charge is -2.48. The normalized spacial score (nSPS) is 33.5. The maximum atomic E-state index is 13.5. The number of benzene rings is 1. The van der Waals surface area contributed by atoms with Crippen molar-refractivity contribution in [2.75, 3.05) is 39.7 Å². The Bertz CT molecular complexity index is 975. The molecule has 31 heavy (non-hydrogen) atoms. The van der Waals surface area contributed by atoms with Gasteiger partial charge in [0, 0.05) is 24.4 Å². The minimum Gasteiger partial charge on any atom is -0.497 e. The molecule has 1 aromatic carbocycles. The van der Waals surface area contributed by atoms with Crippen molar-refractivity contribution in [1.82, 2.24) is 4.90 Å². The van der Waals surface area contributed by atoms with E-state index in [4.69, 9.17) is 18.9 Å². The Morgan fingerprint density at radius 2 is 2.06 bits per heavy atom. The molecular formula is C23H28N2O6. The average Bonchev–Trinajstić information content (AvgIpc) is 3.30. The van der Waals surface area contributed by atoms with Crippen molar-refractivity contribution in [2.24, 2.45) is 11.8 Å². The number of fused-ring (bicyclic) bond motifs is 5. The number of hydrogen-bond acceptors (Lipinski definition) is 7. The number of carbonyl (C=O) groups excluding carboxylic acids is 2. The van der Waals surface area contributed by atoms with Crippen LogP contribution in [0.5, 0.6) is 11.5 Å². The van der Waals surface area contributed by atoms with Gasteiger partial charge in [-0.3, -0.25) is 9.69 Å². The fraction of sp³-hybridized carbons (Fsp3) is 0.565. The number of nitrogens with one attached hydrogen (secondary N) is 1. The van der Waals surface area contributed by atoms with E-state index in [1.54, 1.807) is 20.5 Å². The van der Waals surface area contributed by atoms with Crippen LogP contribution in [0.1, 0.15) is 25.3 Å². The Kier molecular flexibility index (Phi) is 4.66. The van der Waals surface area contributed by atoms with Crippen LogP contribution in [0.4, 0.5) is 5.69 Å². The summed E-state index contributed by atoms with van der Waals surface area (Å²) < 4.78 is 21.8. The molecule has 8 nitrogen and oxygen atoms in total. The standard InChI is InChI=1S/C23H28N2O6/c1-12-14-10-25-8-7-23(18(25)9-13(14)15(11-31-12)21(26)30-4)16-5-6-17(28-2)20(29-3)19(16)24-22(23)27/h5-6,11-14,18H,7-10H2,1-4H3,(H,24,27)/t12-,13?,14?,18?,23+/m0/s1. The number of piperidine rings is 1. The Morgan fingerprint density at radius 1 is 1.26 bits per heavy atom. The van der Waals surface area contributed by atoms with E-state index in [0.29, 0.717) is 29.2 Å². The first-order valence-electron chi connectivity index (χ1n) is 10.7. The number of ether oxygens (including phenoxy) is 4. The van der Waals surface area contributed by atoms with Gasteiger partial charge in [0.05, 0.1) is 50.4 Å². The summed E-state index contributed by atoms with van der Waals surface area (Å²) in [6.45, 7) is 3.64. The van der Waals surface area contributed by atoms with Crippen molar-refractivity contribution in [1.29, 1.82) is 0 Å². The molecule has 4 aliphatic rings. The van der Waals surface area contributed by atoms with Gasteiger partial charge in [0.25, 0.3) is 0 Å². The highest BCUT2D eigenvalue weighted by atomic mass is 16.5. The molecule has 0 radical (unpaired) electrons. The van der Waals surface area contributed by atoms with E-state index in [0.717, 1.165) is 25.1 Å². The summed E-state index contributed by atoms with van der Waals surface area (Å²) in [6, 6.07) is 3.82. The maximum Gasteiger partial charge on any atom is 0.337 e. The molecule has 1 aromatic rings. The van der Waals surface area contributed by atoms with E-state index in [2.05, 4.69) is 10.2 Å². The number of anilines is 1. The summed E-state index contributed by atoms with van der Waals surface area (Å²) in [4.78, 5) is 28.4. The lowest BCUT2D eigenvalue weighted by atomic mass is 9.66. The SMILES string of the molecule is COC(=O)C1=CO[C@@H](C)C2CN3CC[C@]4(C(=O)Nc5c4ccc(OC)c5OC)C3CC12. The third kappa shape index (κ3) is 2.63. The van der Waals surface area contributed by atoms with Crippen molar-refractivity contribution in [3.05, 3.63) is 29.5 Å². The second kappa shape index (κ2) is 7.15. The molecule has 1 spiro atoms. The van der Waals surface area contributed by atoms with Crippen LogP contribution >= 0.6 is 0 Å². The smallest absolute Gasteiger partial charge is 0.337 e. The monoisotopic (exact) mass is 428 g/mol. The topological polar surface area (TPSA) is 86.3 Å². The minimum absolute atomic E-state index is 0.00459. The van der Waals surface area contributed by atoms with Crippen LogP contribution in [0, 0.1) is 11.8 Å². The van der Waals surface area contributed by atoms with Crippen molar-refractivity contribution in [3.63, 3.8) is 0 Å². The van der Waals surface area contributed by atoms with Gasteiger partial charge in [0.1, 0.15) is 0 Å². The number of amides is 1. The molecule has 8 heteroatoms. The second-order valence-corrected chi connectivity index (χ2v) is 8.82. The zero-order chi connectivity index (χ0) is 21.9. The van der Waals surface area contributed by atoms with E-state index in [1.807, 2.05) is 19.1 Å². The van der Waals surface area contributed by atoms with Crippen molar-refractivity contribution in [2.45, 2.75) is 37.3 Å². The van der Waals surface area contributed by atoms with Gasteiger partial charge >= 0.3 is 5.97 Å². The lowest BCUT2D eigenvalue weighted by molar-refractivity contribution is -0.139. The van der Waals surface area contributed by atoms with Crippen LogP contribution < -0.4 is 14.8 Å². The van der Waals surface area contributed by atoms with E-state index in [9.17, 15) is 9.59 Å². The fourth-order valence-corrected chi connectivity index (χ4v) is 6.20. The Morgan fingerprint density at radius 3 is 2.77 bits per heavy atom. The summed E-state index contributed by atoms with van der Waals surface area (Å²) in [5, 5.41) is 3.08. The number of rotatable bonds is 3. The maximum absolute atomic E-state index is 13.5. The quantitative estimate of drug-likeness (QED) is 0.738. The highest BCUT2D eigenvalue weighted by Crippen LogP contribution is 2.56. The van der Waals surface area contributed by atoms with E-state index >= 15 is 0 Å². The van der Waals surface area contributed by atoms with Crippen LogP contribution in [-0.2, 0) is 24.5 Å². The number of esters is 1. The highest BCUT2D eigenvalue weighted by Gasteiger charge is 2.61. The second-order valence-electron chi connectivity index (χ2n) is 8.82. The van der Waals surface area contributed by atoms with E-state index in [1.165, 1.54) is 7.11 Å². The molecule has 4 heterocycles. The molecule has 3 unspecified atom stereocenters. The molecule has 166 valence electrons. The molecular weight excluding hydrogens is 400 g/mol. The summed E-state index contributed by atoms with van der Waals surface area (Å²) in [5.74, 6) is 0.941. The summed E-state index contributed by atoms with van der Waals surface area (Å²) >= 11 is 0. The van der Waals surface area contributed by atoms with Crippen molar-refractivity contribution in [3.8, 4) is 11.5 Å². The molecule has 2 saturated heterocycles. The van der Waals surface area contributed by atoms with Crippen LogP contribution in [0.2, 0.25) is 0 Å². The zero-order valence-corrected chi connectivity index (χ0v) is 18.3. The van der Waals surface area contributed by atoms with Gasteiger partial charge in [-0.05, 0) is 37.9 Å². The zero-order valence-electron chi connectivity index (χ0n) is 18.3. The molecule has 4 aliphatic heterocycles. The molecule has 0 bridgehead atoms. The number of hydrogen-bond donors (Lipinski definition) is 1. The van der Waals surface area contributed by atoms with E-state index in [-0.39, 0.29) is 35.9 Å². The fourth-order valence-electron chi connectivity index (χ4n) is 6.20. The molecule has 0 aliphatic carbocycles. The predicted molar refractivity (Wildman–Crippen MR) is 112 cm³/mol. The third-order valence-corrected chi connectivity index (χ3v) is 7.75. The van der Waals surface area contributed by atoms with Gasteiger partial charge in [0.15, 0.2) is 11.5 Å². The predicted octanol–water partition coefficient (Wildman–Crippen LogP) is 2.08. The summed E-state index contributed by atoms with van der Waals surface area (Å²) in [6.07, 6.45) is 2.98. The molecule has 1 N–H and O–H groups in total. The van der Waals surface area contributed by atoms with Gasteiger partial charge < -0.3 is 24.3 Å². The largest absolute Gasteiger partial charge is 0.497 e. The Labute approximate surface area is 181 Å². The first-order valence-corrected chi connectivity index (χ1v) is 10.7. The Balaban J connectivity index is 1.57.